The van der Waals surface area contributed by atoms with E-state index >= 15 is 0 Å². The lowest BCUT2D eigenvalue weighted by Crippen LogP contribution is -2.29. The van der Waals surface area contributed by atoms with E-state index in [-0.39, 0.29) is 6.79 Å². The molecule has 0 aliphatic carbocycles. The minimum atomic E-state index is 0.288. The van der Waals surface area contributed by atoms with Gasteiger partial charge in [-0.15, -0.1) is 0 Å². The Morgan fingerprint density at radius 2 is 2.12 bits per heavy atom. The average molecular weight is 323 g/mol. The minimum absolute atomic E-state index is 0.288. The number of hydrogen-bond donors (Lipinski definition) is 1. The maximum absolute atomic E-state index is 5.49. The molecule has 2 aromatic heterocycles. The van der Waals surface area contributed by atoms with Crippen LogP contribution in [0.25, 0.3) is 11.3 Å². The number of hydrogen-bond acceptors (Lipinski definition) is 5. The Hall–Kier alpha value is -2.73. The summed E-state index contributed by atoms with van der Waals surface area (Å²) in [5, 5.41) is 7.76. The van der Waals surface area contributed by atoms with Gasteiger partial charge in [-0.25, -0.2) is 0 Å². The summed E-state index contributed by atoms with van der Waals surface area (Å²) in [7, 11) is 0. The molecule has 0 amide bonds. The molecule has 4 heterocycles. The van der Waals surface area contributed by atoms with E-state index in [4.69, 9.17) is 13.9 Å². The van der Waals surface area contributed by atoms with E-state index in [1.165, 1.54) is 16.8 Å². The van der Waals surface area contributed by atoms with E-state index in [0.29, 0.717) is 0 Å². The number of aromatic amines is 1. The molecule has 0 unspecified atom stereocenters. The summed E-state index contributed by atoms with van der Waals surface area (Å²) >= 11 is 0. The molecule has 0 radical (unpaired) electrons. The third-order valence-corrected chi connectivity index (χ3v) is 4.64. The molecule has 122 valence electrons. The van der Waals surface area contributed by atoms with E-state index in [2.05, 4.69) is 15.1 Å². The zero-order valence-corrected chi connectivity index (χ0v) is 13.1. The van der Waals surface area contributed by atoms with Gasteiger partial charge in [0.2, 0.25) is 6.79 Å². The first-order valence-corrected chi connectivity index (χ1v) is 8.06. The molecule has 0 bridgehead atoms. The van der Waals surface area contributed by atoms with Crippen LogP contribution < -0.4 is 9.47 Å². The van der Waals surface area contributed by atoms with Gasteiger partial charge in [-0.05, 0) is 24.3 Å². The van der Waals surface area contributed by atoms with Gasteiger partial charge in [0, 0.05) is 48.4 Å². The van der Waals surface area contributed by atoms with Gasteiger partial charge >= 0.3 is 0 Å². The van der Waals surface area contributed by atoms with Crippen LogP contribution in [0, 0.1) is 0 Å². The molecule has 2 aliphatic heterocycles. The van der Waals surface area contributed by atoms with Gasteiger partial charge < -0.3 is 13.9 Å². The van der Waals surface area contributed by atoms with Gasteiger partial charge in [-0.3, -0.25) is 10.00 Å². The molecule has 0 saturated heterocycles. The van der Waals surface area contributed by atoms with Crippen molar-refractivity contribution in [2.24, 2.45) is 0 Å². The van der Waals surface area contributed by atoms with Gasteiger partial charge in [0.25, 0.3) is 0 Å². The number of H-pyrrole nitrogens is 1. The molecule has 1 aromatic carbocycles. The highest BCUT2D eigenvalue weighted by Gasteiger charge is 2.24. The van der Waals surface area contributed by atoms with Gasteiger partial charge in [-0.1, -0.05) is 0 Å². The summed E-state index contributed by atoms with van der Waals surface area (Å²) in [4.78, 5) is 2.42. The molecule has 3 aromatic rings. The predicted molar refractivity (Wildman–Crippen MR) is 86.7 cm³/mol. The number of benzene rings is 1. The SMILES string of the molecule is c1cc(CN2CCc3[nH]nc(-c4ccc5c(c4)OCO5)c3C2)co1. The van der Waals surface area contributed by atoms with Crippen molar-refractivity contribution in [1.82, 2.24) is 15.1 Å². The number of ether oxygens (including phenoxy) is 2. The number of nitrogens with one attached hydrogen (secondary N) is 1. The normalized spacial score (nSPS) is 16.3. The number of aromatic nitrogens is 2. The van der Waals surface area contributed by atoms with Crippen LogP contribution in [0.2, 0.25) is 0 Å². The Kier molecular flexibility index (Phi) is 3.09. The summed E-state index contributed by atoms with van der Waals surface area (Å²) in [5.41, 5.74) is 5.75. The van der Waals surface area contributed by atoms with E-state index in [9.17, 15) is 0 Å². The van der Waals surface area contributed by atoms with Crippen LogP contribution in [-0.4, -0.2) is 28.4 Å². The fourth-order valence-electron chi connectivity index (χ4n) is 3.41. The van der Waals surface area contributed by atoms with Crippen molar-refractivity contribution in [3.63, 3.8) is 0 Å². The molecule has 0 atom stereocenters. The average Bonchev–Trinajstić information content (AvgIpc) is 3.34. The highest BCUT2D eigenvalue weighted by Crippen LogP contribution is 2.37. The molecule has 24 heavy (non-hydrogen) atoms. The zero-order valence-electron chi connectivity index (χ0n) is 13.1. The maximum Gasteiger partial charge on any atom is 0.231 e. The molecule has 6 nitrogen and oxygen atoms in total. The third-order valence-electron chi connectivity index (χ3n) is 4.64. The molecule has 5 rings (SSSR count). The number of fused-ring (bicyclic) bond motifs is 2. The molecule has 0 saturated carbocycles. The first-order valence-electron chi connectivity index (χ1n) is 8.06. The van der Waals surface area contributed by atoms with Crippen LogP contribution in [0.1, 0.15) is 16.8 Å². The summed E-state index contributed by atoms with van der Waals surface area (Å²) in [6.45, 7) is 3.07. The first kappa shape index (κ1) is 13.7. The molecule has 2 aliphatic rings. The van der Waals surface area contributed by atoms with Crippen LogP contribution in [-0.2, 0) is 19.5 Å². The van der Waals surface area contributed by atoms with E-state index < -0.39 is 0 Å². The number of nitrogens with zero attached hydrogens (tertiary/aromatic N) is 2. The fraction of sp³-hybridized carbons (Fsp3) is 0.278. The second-order valence-electron chi connectivity index (χ2n) is 6.19. The van der Waals surface area contributed by atoms with Crippen molar-refractivity contribution >= 4 is 0 Å². The van der Waals surface area contributed by atoms with Gasteiger partial charge in [0.1, 0.15) is 0 Å². The molecule has 0 spiro atoms. The van der Waals surface area contributed by atoms with Crippen LogP contribution >= 0.6 is 0 Å². The highest BCUT2D eigenvalue weighted by molar-refractivity contribution is 5.68. The zero-order chi connectivity index (χ0) is 15.9. The van der Waals surface area contributed by atoms with Crippen molar-refractivity contribution in [2.75, 3.05) is 13.3 Å². The Bertz CT molecular complexity index is 870. The predicted octanol–water partition coefficient (Wildman–Crippen LogP) is 2.96. The van der Waals surface area contributed by atoms with Crippen molar-refractivity contribution in [1.29, 1.82) is 0 Å². The minimum Gasteiger partial charge on any atom is -0.472 e. The summed E-state index contributed by atoms with van der Waals surface area (Å²) < 4.78 is 16.1. The van der Waals surface area contributed by atoms with Crippen LogP contribution in [0.4, 0.5) is 0 Å². The van der Waals surface area contributed by atoms with Crippen molar-refractivity contribution < 1.29 is 13.9 Å². The summed E-state index contributed by atoms with van der Waals surface area (Å²) in [5.74, 6) is 1.58. The fourth-order valence-corrected chi connectivity index (χ4v) is 3.41. The molecular formula is C18H17N3O3. The van der Waals surface area contributed by atoms with Crippen LogP contribution in [0.3, 0.4) is 0 Å². The van der Waals surface area contributed by atoms with E-state index in [1.807, 2.05) is 30.5 Å². The quantitative estimate of drug-likeness (QED) is 0.803. The Balaban J connectivity index is 1.44. The number of rotatable bonds is 3. The lowest BCUT2D eigenvalue weighted by Gasteiger charge is -2.26. The van der Waals surface area contributed by atoms with Crippen molar-refractivity contribution in [3.8, 4) is 22.8 Å². The highest BCUT2D eigenvalue weighted by atomic mass is 16.7. The third kappa shape index (κ3) is 2.27. The second kappa shape index (κ2) is 5.42. The van der Waals surface area contributed by atoms with Gasteiger partial charge in [0.05, 0.1) is 18.2 Å². The molecule has 1 N–H and O–H groups in total. The van der Waals surface area contributed by atoms with Gasteiger partial charge in [0.15, 0.2) is 11.5 Å². The van der Waals surface area contributed by atoms with E-state index in [1.54, 1.807) is 6.26 Å². The van der Waals surface area contributed by atoms with Crippen LogP contribution in [0.5, 0.6) is 11.5 Å². The second-order valence-corrected chi connectivity index (χ2v) is 6.19. The Labute approximate surface area is 139 Å². The van der Waals surface area contributed by atoms with Gasteiger partial charge in [-0.2, -0.15) is 5.10 Å². The molecular weight excluding hydrogens is 306 g/mol. The van der Waals surface area contributed by atoms with Crippen molar-refractivity contribution in [3.05, 3.63) is 53.6 Å². The first-order chi connectivity index (χ1) is 11.9. The summed E-state index contributed by atoms with van der Waals surface area (Å²) in [6.07, 6.45) is 4.51. The monoisotopic (exact) mass is 323 g/mol. The van der Waals surface area contributed by atoms with Crippen molar-refractivity contribution in [2.45, 2.75) is 19.5 Å². The lowest BCUT2D eigenvalue weighted by atomic mass is 10.0. The topological polar surface area (TPSA) is 63.5 Å². The number of furan rings is 1. The maximum atomic E-state index is 5.49. The Morgan fingerprint density at radius 1 is 1.17 bits per heavy atom. The molecule has 0 fully saturated rings. The largest absolute Gasteiger partial charge is 0.472 e. The van der Waals surface area contributed by atoms with Crippen LogP contribution in [0.15, 0.2) is 41.2 Å². The van der Waals surface area contributed by atoms with E-state index in [0.717, 1.165) is 48.8 Å². The standard InChI is InChI=1S/C18H17N3O3/c1-2-16-17(24-11-23-16)7-13(1)18-14-9-21(5-3-15(14)19-20-18)8-12-4-6-22-10-12/h1-2,4,6-7,10H,3,5,8-9,11H2,(H,19,20). The Morgan fingerprint density at radius 3 is 3.04 bits per heavy atom. The lowest BCUT2D eigenvalue weighted by molar-refractivity contribution is 0.174. The smallest absolute Gasteiger partial charge is 0.231 e. The summed E-state index contributed by atoms with van der Waals surface area (Å²) in [6, 6.07) is 8.02. The molecule has 6 heteroatoms.